The molecule has 4 nitrogen and oxygen atoms in total. The van der Waals surface area contributed by atoms with E-state index in [0.29, 0.717) is 0 Å². The second-order valence-electron chi connectivity index (χ2n) is 4.87. The molecule has 0 spiro atoms. The van der Waals surface area contributed by atoms with Gasteiger partial charge in [-0.25, -0.2) is 9.97 Å². The van der Waals surface area contributed by atoms with E-state index in [2.05, 4.69) is 45.4 Å². The van der Waals surface area contributed by atoms with Crippen LogP contribution in [0.15, 0.2) is 52.9 Å². The highest BCUT2D eigenvalue weighted by atomic mass is 32.2. The number of H-pyrrole nitrogens is 1. The van der Waals surface area contributed by atoms with Crippen molar-refractivity contribution in [3.05, 3.63) is 48.3 Å². The number of hydrogen-bond acceptors (Lipinski definition) is 4. The highest BCUT2D eigenvalue weighted by Crippen LogP contribution is 2.27. The summed E-state index contributed by atoms with van der Waals surface area (Å²) in [5.74, 6) is 0. The smallest absolute Gasteiger partial charge is 0.193 e. The molecule has 5 heteroatoms. The summed E-state index contributed by atoms with van der Waals surface area (Å²) in [6.07, 6.45) is 4.91. The Balaban J connectivity index is 1.67. The summed E-state index contributed by atoms with van der Waals surface area (Å²) in [4.78, 5) is 12.2. The summed E-state index contributed by atoms with van der Waals surface area (Å²) in [5.41, 5.74) is 2.25. The number of rotatable bonds is 6. The fraction of sp³-hybridized carbons (Fsp3) is 0.250. The molecule has 1 aromatic carbocycles. The lowest BCUT2D eigenvalue weighted by atomic mass is 10.3. The fourth-order valence-corrected chi connectivity index (χ4v) is 2.85. The zero-order chi connectivity index (χ0) is 14.5. The Bertz CT molecular complexity index is 673. The van der Waals surface area contributed by atoms with Gasteiger partial charge >= 0.3 is 0 Å². The van der Waals surface area contributed by atoms with Crippen LogP contribution in [0.1, 0.15) is 18.9 Å². The molecule has 0 saturated heterocycles. The third-order valence-electron chi connectivity index (χ3n) is 3.14. The maximum Gasteiger partial charge on any atom is 0.193 e. The van der Waals surface area contributed by atoms with Gasteiger partial charge in [0.1, 0.15) is 0 Å². The molecule has 21 heavy (non-hydrogen) atoms. The molecule has 3 aromatic rings. The number of aromatic nitrogens is 3. The van der Waals surface area contributed by atoms with Crippen LogP contribution in [-0.4, -0.2) is 21.5 Å². The number of nitrogens with one attached hydrogen (secondary N) is 2. The van der Waals surface area contributed by atoms with Crippen LogP contribution >= 0.6 is 11.8 Å². The van der Waals surface area contributed by atoms with Gasteiger partial charge in [0.25, 0.3) is 0 Å². The van der Waals surface area contributed by atoms with Gasteiger partial charge in [0.15, 0.2) is 5.16 Å². The Labute approximate surface area is 128 Å². The first kappa shape index (κ1) is 14.1. The molecule has 0 fully saturated rings. The molecule has 0 aliphatic rings. The SMILES string of the molecule is CCCNCc1cnc(Sc2cc3ccccc3[nH]2)nc1. The van der Waals surface area contributed by atoms with Crippen molar-refractivity contribution >= 4 is 22.7 Å². The second-order valence-corrected chi connectivity index (χ2v) is 5.88. The molecule has 0 aliphatic heterocycles. The Morgan fingerprint density at radius 2 is 2.00 bits per heavy atom. The lowest BCUT2D eigenvalue weighted by Gasteiger charge is -2.03. The first-order chi connectivity index (χ1) is 10.3. The van der Waals surface area contributed by atoms with Crippen LogP contribution in [0.2, 0.25) is 0 Å². The van der Waals surface area contributed by atoms with E-state index in [1.165, 1.54) is 5.39 Å². The van der Waals surface area contributed by atoms with Crippen molar-refractivity contribution in [3.63, 3.8) is 0 Å². The summed E-state index contributed by atoms with van der Waals surface area (Å²) in [6.45, 7) is 4.00. The first-order valence-electron chi connectivity index (χ1n) is 7.12. The Morgan fingerprint density at radius 3 is 2.76 bits per heavy atom. The molecule has 0 unspecified atom stereocenters. The maximum atomic E-state index is 4.41. The average Bonchev–Trinajstić information content (AvgIpc) is 2.91. The summed E-state index contributed by atoms with van der Waals surface area (Å²) in [5, 5.41) is 6.38. The average molecular weight is 298 g/mol. The molecular weight excluding hydrogens is 280 g/mol. The summed E-state index contributed by atoms with van der Waals surface area (Å²) in [6, 6.07) is 10.4. The van der Waals surface area contributed by atoms with E-state index in [9.17, 15) is 0 Å². The van der Waals surface area contributed by atoms with E-state index in [0.717, 1.165) is 40.8 Å². The molecule has 2 heterocycles. The van der Waals surface area contributed by atoms with Crippen LogP contribution in [0.25, 0.3) is 10.9 Å². The molecule has 0 bridgehead atoms. The number of hydrogen-bond donors (Lipinski definition) is 2. The largest absolute Gasteiger partial charge is 0.349 e. The molecule has 0 radical (unpaired) electrons. The number of nitrogens with zero attached hydrogens (tertiary/aromatic N) is 2. The van der Waals surface area contributed by atoms with Crippen LogP contribution in [0, 0.1) is 0 Å². The first-order valence-corrected chi connectivity index (χ1v) is 7.94. The van der Waals surface area contributed by atoms with E-state index in [1.807, 2.05) is 24.5 Å². The zero-order valence-electron chi connectivity index (χ0n) is 12.0. The van der Waals surface area contributed by atoms with Gasteiger partial charge in [-0.05, 0) is 36.9 Å². The van der Waals surface area contributed by atoms with Gasteiger partial charge in [-0.1, -0.05) is 25.1 Å². The van der Waals surface area contributed by atoms with E-state index in [-0.39, 0.29) is 0 Å². The number of para-hydroxylation sites is 1. The second kappa shape index (κ2) is 6.74. The van der Waals surface area contributed by atoms with Crippen LogP contribution in [0.4, 0.5) is 0 Å². The molecule has 2 N–H and O–H groups in total. The van der Waals surface area contributed by atoms with E-state index >= 15 is 0 Å². The van der Waals surface area contributed by atoms with Gasteiger partial charge in [-0.3, -0.25) is 0 Å². The quantitative estimate of drug-likeness (QED) is 0.539. The van der Waals surface area contributed by atoms with Crippen molar-refractivity contribution in [2.24, 2.45) is 0 Å². The Morgan fingerprint density at radius 1 is 1.19 bits per heavy atom. The van der Waals surface area contributed by atoms with E-state index in [4.69, 9.17) is 0 Å². The van der Waals surface area contributed by atoms with Crippen molar-refractivity contribution in [2.75, 3.05) is 6.54 Å². The maximum absolute atomic E-state index is 4.41. The van der Waals surface area contributed by atoms with Gasteiger partial charge in [0, 0.05) is 35.4 Å². The van der Waals surface area contributed by atoms with Gasteiger partial charge in [-0.2, -0.15) is 0 Å². The van der Waals surface area contributed by atoms with Gasteiger partial charge in [0.05, 0.1) is 5.03 Å². The third kappa shape index (κ3) is 3.62. The summed E-state index contributed by atoms with van der Waals surface area (Å²) < 4.78 is 0. The van der Waals surface area contributed by atoms with Crippen LogP contribution in [0.5, 0.6) is 0 Å². The van der Waals surface area contributed by atoms with Crippen LogP contribution in [0.3, 0.4) is 0 Å². The minimum absolute atomic E-state index is 0.765. The molecule has 108 valence electrons. The lowest BCUT2D eigenvalue weighted by Crippen LogP contribution is -2.14. The van der Waals surface area contributed by atoms with Crippen molar-refractivity contribution < 1.29 is 0 Å². The molecular formula is C16H18N4S. The third-order valence-corrected chi connectivity index (χ3v) is 3.98. The van der Waals surface area contributed by atoms with Crippen molar-refractivity contribution in [1.82, 2.24) is 20.3 Å². The van der Waals surface area contributed by atoms with Crippen LogP contribution in [-0.2, 0) is 6.54 Å². The van der Waals surface area contributed by atoms with Gasteiger partial charge < -0.3 is 10.3 Å². The standard InChI is InChI=1S/C16H18N4S/c1-2-7-17-9-12-10-18-16(19-11-12)21-15-8-13-5-3-4-6-14(13)20-15/h3-6,8,10-11,17,20H,2,7,9H2,1H3. The Kier molecular flexibility index (Phi) is 4.52. The molecule has 0 atom stereocenters. The molecule has 2 aromatic heterocycles. The topological polar surface area (TPSA) is 53.6 Å². The molecule has 0 aliphatic carbocycles. The molecule has 3 rings (SSSR count). The number of aromatic amines is 1. The van der Waals surface area contributed by atoms with E-state index < -0.39 is 0 Å². The van der Waals surface area contributed by atoms with Gasteiger partial charge in [-0.15, -0.1) is 0 Å². The minimum Gasteiger partial charge on any atom is -0.349 e. The van der Waals surface area contributed by atoms with Crippen molar-refractivity contribution in [1.29, 1.82) is 0 Å². The minimum atomic E-state index is 0.765. The zero-order valence-corrected chi connectivity index (χ0v) is 12.8. The molecule has 0 saturated carbocycles. The normalized spacial score (nSPS) is 11.1. The monoisotopic (exact) mass is 298 g/mol. The van der Waals surface area contributed by atoms with E-state index in [1.54, 1.807) is 11.8 Å². The van der Waals surface area contributed by atoms with Crippen LogP contribution < -0.4 is 5.32 Å². The predicted octanol–water partition coefficient (Wildman–Crippen LogP) is 3.61. The van der Waals surface area contributed by atoms with Crippen molar-refractivity contribution in [2.45, 2.75) is 30.1 Å². The lowest BCUT2D eigenvalue weighted by molar-refractivity contribution is 0.669. The van der Waals surface area contributed by atoms with Gasteiger partial charge in [0.2, 0.25) is 0 Å². The number of fused-ring (bicyclic) bond motifs is 1. The fourth-order valence-electron chi connectivity index (χ4n) is 2.10. The highest BCUT2D eigenvalue weighted by Gasteiger charge is 2.04. The predicted molar refractivity (Wildman–Crippen MR) is 86.5 cm³/mol. The summed E-state index contributed by atoms with van der Waals surface area (Å²) in [7, 11) is 0. The summed E-state index contributed by atoms with van der Waals surface area (Å²) >= 11 is 1.55. The highest BCUT2D eigenvalue weighted by molar-refractivity contribution is 7.99. The number of benzene rings is 1. The van der Waals surface area contributed by atoms with Crippen molar-refractivity contribution in [3.8, 4) is 0 Å². The Hall–Kier alpha value is -1.85. The molecule has 0 amide bonds.